The summed E-state index contributed by atoms with van der Waals surface area (Å²) in [5.41, 5.74) is 2.09. The van der Waals surface area contributed by atoms with E-state index in [-0.39, 0.29) is 6.03 Å². The molecule has 2 N–H and O–H groups in total. The summed E-state index contributed by atoms with van der Waals surface area (Å²) in [6.45, 7) is 0.401. The van der Waals surface area contributed by atoms with Crippen LogP contribution in [0.3, 0.4) is 0 Å². The van der Waals surface area contributed by atoms with Crippen LogP contribution in [0.25, 0.3) is 0 Å². The molecule has 1 heterocycles. The van der Waals surface area contributed by atoms with Crippen molar-refractivity contribution in [2.45, 2.75) is 6.54 Å². The Labute approximate surface area is 104 Å². The van der Waals surface area contributed by atoms with Crippen LogP contribution in [0.15, 0.2) is 47.3 Å². The third kappa shape index (κ3) is 3.12. The molecule has 1 aromatic heterocycles. The highest BCUT2D eigenvalue weighted by atomic mass is 16.3. The highest BCUT2D eigenvalue weighted by Crippen LogP contribution is 2.08. The number of nitrogens with zero attached hydrogens (tertiary/aromatic N) is 1. The number of carbonyl (C=O) groups excluding carboxylic acids is 1. The van der Waals surface area contributed by atoms with Crippen molar-refractivity contribution >= 4 is 11.7 Å². The lowest BCUT2D eigenvalue weighted by Gasteiger charge is -2.06. The molecule has 0 saturated heterocycles. The molecule has 0 fully saturated rings. The lowest BCUT2D eigenvalue weighted by molar-refractivity contribution is 0.251. The Morgan fingerprint density at radius 2 is 2.06 bits per heavy atom. The van der Waals surface area contributed by atoms with Gasteiger partial charge >= 0.3 is 6.03 Å². The van der Waals surface area contributed by atoms with E-state index in [1.165, 1.54) is 0 Å². The van der Waals surface area contributed by atoms with Gasteiger partial charge in [0.05, 0.1) is 24.2 Å². The summed E-state index contributed by atoms with van der Waals surface area (Å²) in [5, 5.41) is 14.0. The Bertz CT molecular complexity index is 553. The summed E-state index contributed by atoms with van der Waals surface area (Å²) in [4.78, 5) is 11.5. The topological polar surface area (TPSA) is 78.1 Å². The maximum atomic E-state index is 11.5. The van der Waals surface area contributed by atoms with Gasteiger partial charge < -0.3 is 15.1 Å². The zero-order chi connectivity index (χ0) is 12.8. The van der Waals surface area contributed by atoms with Crippen LogP contribution in [0.5, 0.6) is 0 Å². The number of benzene rings is 1. The summed E-state index contributed by atoms with van der Waals surface area (Å²) in [6, 6.07) is 10.1. The SMILES string of the molecule is N#Cc1ccc(NC(=O)NCc2ccoc2)cc1. The number of rotatable bonds is 3. The van der Waals surface area contributed by atoms with Crippen molar-refractivity contribution in [2.24, 2.45) is 0 Å². The van der Waals surface area contributed by atoms with E-state index in [0.29, 0.717) is 17.8 Å². The first-order valence-corrected chi connectivity index (χ1v) is 5.34. The minimum Gasteiger partial charge on any atom is -0.472 e. The molecule has 0 aliphatic carbocycles. The zero-order valence-corrected chi connectivity index (χ0v) is 9.51. The van der Waals surface area contributed by atoms with E-state index in [1.54, 1.807) is 42.9 Å². The number of urea groups is 1. The van der Waals surface area contributed by atoms with Crippen LogP contribution in [-0.4, -0.2) is 6.03 Å². The van der Waals surface area contributed by atoms with Crippen molar-refractivity contribution in [1.29, 1.82) is 5.26 Å². The molecule has 0 atom stereocenters. The van der Waals surface area contributed by atoms with Gasteiger partial charge in [-0.25, -0.2) is 4.79 Å². The maximum absolute atomic E-state index is 11.5. The van der Waals surface area contributed by atoms with Gasteiger partial charge in [-0.15, -0.1) is 0 Å². The van der Waals surface area contributed by atoms with Crippen LogP contribution in [-0.2, 0) is 6.54 Å². The number of carbonyl (C=O) groups is 1. The first-order chi connectivity index (χ1) is 8.78. The molecule has 0 spiro atoms. The molecular weight excluding hydrogens is 230 g/mol. The second-order valence-corrected chi connectivity index (χ2v) is 3.63. The smallest absolute Gasteiger partial charge is 0.319 e. The van der Waals surface area contributed by atoms with Crippen LogP contribution in [0.1, 0.15) is 11.1 Å². The third-order valence-electron chi connectivity index (χ3n) is 2.31. The van der Waals surface area contributed by atoms with Gasteiger partial charge in [-0.3, -0.25) is 0 Å². The number of hydrogen-bond acceptors (Lipinski definition) is 3. The molecule has 0 aliphatic heterocycles. The Morgan fingerprint density at radius 3 is 2.67 bits per heavy atom. The molecule has 0 radical (unpaired) electrons. The lowest BCUT2D eigenvalue weighted by Crippen LogP contribution is -2.27. The van der Waals surface area contributed by atoms with E-state index >= 15 is 0 Å². The zero-order valence-electron chi connectivity index (χ0n) is 9.51. The van der Waals surface area contributed by atoms with Gasteiger partial charge in [0.2, 0.25) is 0 Å². The number of nitrogens with one attached hydrogen (secondary N) is 2. The van der Waals surface area contributed by atoms with Crippen LogP contribution in [0.2, 0.25) is 0 Å². The van der Waals surface area contributed by atoms with Crippen LogP contribution in [0.4, 0.5) is 10.5 Å². The molecule has 5 nitrogen and oxygen atoms in total. The second-order valence-electron chi connectivity index (χ2n) is 3.63. The van der Waals surface area contributed by atoms with Crippen molar-refractivity contribution in [2.75, 3.05) is 5.32 Å². The fraction of sp³-hybridized carbons (Fsp3) is 0.0769. The van der Waals surface area contributed by atoms with E-state index in [9.17, 15) is 4.79 Å². The van der Waals surface area contributed by atoms with E-state index in [4.69, 9.17) is 9.68 Å². The van der Waals surface area contributed by atoms with E-state index in [1.807, 2.05) is 6.07 Å². The van der Waals surface area contributed by atoms with Gasteiger partial charge in [-0.2, -0.15) is 5.26 Å². The third-order valence-corrected chi connectivity index (χ3v) is 2.31. The van der Waals surface area contributed by atoms with Gasteiger partial charge in [0.25, 0.3) is 0 Å². The first-order valence-electron chi connectivity index (χ1n) is 5.34. The number of amides is 2. The van der Waals surface area contributed by atoms with Crippen LogP contribution >= 0.6 is 0 Å². The van der Waals surface area contributed by atoms with E-state index in [0.717, 1.165) is 5.56 Å². The number of anilines is 1. The van der Waals surface area contributed by atoms with Gasteiger partial charge in [0.15, 0.2) is 0 Å². The molecule has 0 aliphatic rings. The maximum Gasteiger partial charge on any atom is 0.319 e. The molecule has 2 rings (SSSR count). The van der Waals surface area contributed by atoms with Crippen LogP contribution < -0.4 is 10.6 Å². The lowest BCUT2D eigenvalue weighted by atomic mass is 10.2. The van der Waals surface area contributed by atoms with Crippen molar-refractivity contribution in [3.8, 4) is 6.07 Å². The van der Waals surface area contributed by atoms with Crippen molar-refractivity contribution < 1.29 is 9.21 Å². The standard InChI is InChI=1S/C13H11N3O2/c14-7-10-1-3-12(4-2-10)16-13(17)15-8-11-5-6-18-9-11/h1-6,9H,8H2,(H2,15,16,17). The minimum atomic E-state index is -0.305. The monoisotopic (exact) mass is 241 g/mol. The van der Waals surface area contributed by atoms with Crippen molar-refractivity contribution in [3.63, 3.8) is 0 Å². The van der Waals surface area contributed by atoms with Gasteiger partial charge in [0, 0.05) is 17.8 Å². The van der Waals surface area contributed by atoms with Gasteiger partial charge in [0.1, 0.15) is 0 Å². The summed E-state index contributed by atoms with van der Waals surface area (Å²) in [7, 11) is 0. The summed E-state index contributed by atoms with van der Waals surface area (Å²) < 4.78 is 4.89. The molecule has 18 heavy (non-hydrogen) atoms. The highest BCUT2D eigenvalue weighted by Gasteiger charge is 2.02. The molecule has 0 bridgehead atoms. The molecule has 1 aromatic carbocycles. The highest BCUT2D eigenvalue weighted by molar-refractivity contribution is 5.89. The molecule has 0 saturated carbocycles. The Balaban J connectivity index is 1.85. The van der Waals surface area contributed by atoms with Gasteiger partial charge in [-0.1, -0.05) is 0 Å². The average Bonchev–Trinajstić information content (AvgIpc) is 2.90. The summed E-state index contributed by atoms with van der Waals surface area (Å²) in [5.74, 6) is 0. The number of furan rings is 1. The Kier molecular flexibility index (Phi) is 3.62. The summed E-state index contributed by atoms with van der Waals surface area (Å²) in [6.07, 6.45) is 3.12. The normalized spacial score (nSPS) is 9.50. The first kappa shape index (κ1) is 11.7. The molecule has 2 aromatic rings. The fourth-order valence-electron chi connectivity index (χ4n) is 1.38. The fourth-order valence-corrected chi connectivity index (χ4v) is 1.38. The van der Waals surface area contributed by atoms with Gasteiger partial charge in [-0.05, 0) is 30.3 Å². The molecule has 2 amide bonds. The Hall–Kier alpha value is -2.74. The van der Waals surface area contributed by atoms with Crippen molar-refractivity contribution in [3.05, 3.63) is 54.0 Å². The molecule has 0 unspecified atom stereocenters. The van der Waals surface area contributed by atoms with E-state index in [2.05, 4.69) is 10.6 Å². The summed E-state index contributed by atoms with van der Waals surface area (Å²) >= 11 is 0. The average molecular weight is 241 g/mol. The van der Waals surface area contributed by atoms with E-state index < -0.39 is 0 Å². The quantitative estimate of drug-likeness (QED) is 0.866. The minimum absolute atomic E-state index is 0.305. The molecule has 90 valence electrons. The predicted octanol–water partition coefficient (Wildman–Crippen LogP) is 2.47. The van der Waals surface area contributed by atoms with Crippen LogP contribution in [0, 0.1) is 11.3 Å². The molecule has 5 heteroatoms. The van der Waals surface area contributed by atoms with Crippen molar-refractivity contribution in [1.82, 2.24) is 5.32 Å². The predicted molar refractivity (Wildman–Crippen MR) is 65.7 cm³/mol. The number of hydrogen-bond donors (Lipinski definition) is 2. The Morgan fingerprint density at radius 1 is 1.28 bits per heavy atom. The molecular formula is C13H11N3O2. The largest absolute Gasteiger partial charge is 0.472 e. The number of nitriles is 1. The second kappa shape index (κ2) is 5.55.